The number of aliphatic hydroxyl groups is 2. The maximum absolute atomic E-state index is 9.09. The molecule has 4 unspecified atom stereocenters. The van der Waals surface area contributed by atoms with Crippen LogP contribution in [0.4, 0.5) is 0 Å². The van der Waals surface area contributed by atoms with Crippen molar-refractivity contribution in [2.45, 2.75) is 24.6 Å². The van der Waals surface area contributed by atoms with E-state index in [2.05, 4.69) is 6.92 Å². The molecule has 2 N–H and O–H groups in total. The van der Waals surface area contributed by atoms with Crippen molar-refractivity contribution in [1.82, 2.24) is 0 Å². The Morgan fingerprint density at radius 1 is 1.40 bits per heavy atom. The molecule has 0 amide bonds. The highest BCUT2D eigenvalue weighted by Crippen LogP contribution is 2.20. The second-order valence-corrected chi connectivity index (χ2v) is 2.26. The molecular weight excluding hydrogens is 136 g/mol. The minimum atomic E-state index is -0.979. The summed E-state index contributed by atoms with van der Waals surface area (Å²) in [5, 5.41) is 18.1. The van der Waals surface area contributed by atoms with Crippen LogP contribution in [-0.4, -0.2) is 41.9 Å². The van der Waals surface area contributed by atoms with Crippen LogP contribution in [0.25, 0.3) is 0 Å². The first-order valence-corrected chi connectivity index (χ1v) is 3.04. The Hall–Kier alpha value is -0.160. The molecule has 1 heterocycles. The average molecular weight is 147 g/mol. The van der Waals surface area contributed by atoms with Crippen molar-refractivity contribution in [3.8, 4) is 0 Å². The lowest BCUT2D eigenvalue weighted by molar-refractivity contribution is -0.143. The van der Waals surface area contributed by atoms with Crippen LogP contribution >= 0.6 is 0 Å². The molecule has 0 spiro atoms. The van der Waals surface area contributed by atoms with Gasteiger partial charge in [0.2, 0.25) is 0 Å². The van der Waals surface area contributed by atoms with Crippen LogP contribution in [0.5, 0.6) is 0 Å². The lowest BCUT2D eigenvalue weighted by Crippen LogP contribution is -2.32. The maximum Gasteiger partial charge on any atom is 0.186 e. The summed E-state index contributed by atoms with van der Waals surface area (Å²) < 4.78 is 9.59. The highest BCUT2D eigenvalue weighted by atomic mass is 16.7. The monoisotopic (exact) mass is 147 g/mol. The molecule has 0 aromatic carbocycles. The topological polar surface area (TPSA) is 58.9 Å². The molecule has 0 bridgehead atoms. The van der Waals surface area contributed by atoms with Crippen molar-refractivity contribution in [1.29, 1.82) is 0 Å². The number of methoxy groups -OCH3 is 1. The van der Waals surface area contributed by atoms with Gasteiger partial charge in [-0.1, -0.05) is 0 Å². The molecular formula is C6H11O4. The van der Waals surface area contributed by atoms with E-state index in [1.807, 2.05) is 0 Å². The SMILES string of the molecule is [CH2]C1OC(OC)C(O)C1O. The molecule has 0 aromatic rings. The van der Waals surface area contributed by atoms with E-state index >= 15 is 0 Å². The molecule has 4 heteroatoms. The zero-order valence-electron chi connectivity index (χ0n) is 5.73. The minimum Gasteiger partial charge on any atom is -0.387 e. The van der Waals surface area contributed by atoms with Gasteiger partial charge in [-0.15, -0.1) is 0 Å². The third-order valence-corrected chi connectivity index (χ3v) is 1.55. The summed E-state index contributed by atoms with van der Waals surface area (Å²) in [4.78, 5) is 0. The van der Waals surface area contributed by atoms with E-state index in [0.717, 1.165) is 0 Å². The molecule has 1 radical (unpaired) electrons. The standard InChI is InChI=1S/C6H11O4/c1-3-4(7)5(8)6(9-2)10-3/h3-8H,1H2,2H3. The van der Waals surface area contributed by atoms with Crippen molar-refractivity contribution < 1.29 is 19.7 Å². The second-order valence-electron chi connectivity index (χ2n) is 2.26. The van der Waals surface area contributed by atoms with Crippen LogP contribution in [0.1, 0.15) is 0 Å². The quantitative estimate of drug-likeness (QED) is 0.495. The predicted octanol–water partition coefficient (Wildman–Crippen LogP) is -1.09. The molecule has 1 rings (SSSR count). The van der Waals surface area contributed by atoms with E-state index in [0.29, 0.717) is 0 Å². The van der Waals surface area contributed by atoms with Crippen LogP contribution in [0.2, 0.25) is 0 Å². The normalized spacial score (nSPS) is 48.0. The van der Waals surface area contributed by atoms with Gasteiger partial charge in [-0.05, 0) is 6.92 Å². The summed E-state index contributed by atoms with van der Waals surface area (Å²) in [5.74, 6) is 0. The van der Waals surface area contributed by atoms with Crippen LogP contribution in [0.15, 0.2) is 0 Å². The molecule has 0 aliphatic carbocycles. The van der Waals surface area contributed by atoms with Crippen LogP contribution in [0.3, 0.4) is 0 Å². The molecule has 4 atom stereocenters. The number of aliphatic hydroxyl groups excluding tert-OH is 2. The third-order valence-electron chi connectivity index (χ3n) is 1.55. The highest BCUT2D eigenvalue weighted by molar-refractivity contribution is 4.87. The van der Waals surface area contributed by atoms with Gasteiger partial charge in [0.1, 0.15) is 12.2 Å². The van der Waals surface area contributed by atoms with Crippen molar-refractivity contribution >= 4 is 0 Å². The van der Waals surface area contributed by atoms with Gasteiger partial charge in [0.15, 0.2) is 6.29 Å². The summed E-state index contributed by atoms with van der Waals surface area (Å²) >= 11 is 0. The number of hydrogen-bond donors (Lipinski definition) is 2. The molecule has 1 fully saturated rings. The Kier molecular flexibility index (Phi) is 2.25. The lowest BCUT2D eigenvalue weighted by Gasteiger charge is -2.11. The van der Waals surface area contributed by atoms with Crippen LogP contribution in [0, 0.1) is 6.92 Å². The molecule has 4 nitrogen and oxygen atoms in total. The Morgan fingerprint density at radius 3 is 2.20 bits per heavy atom. The predicted molar refractivity (Wildman–Crippen MR) is 33.0 cm³/mol. The van der Waals surface area contributed by atoms with Crippen molar-refractivity contribution in [2.75, 3.05) is 7.11 Å². The molecule has 0 aromatic heterocycles. The van der Waals surface area contributed by atoms with Gasteiger partial charge in [-0.25, -0.2) is 0 Å². The fourth-order valence-electron chi connectivity index (χ4n) is 0.909. The third kappa shape index (κ3) is 1.15. The average Bonchev–Trinajstić information content (AvgIpc) is 2.17. The first kappa shape index (κ1) is 7.94. The largest absolute Gasteiger partial charge is 0.387 e. The zero-order chi connectivity index (χ0) is 7.72. The van der Waals surface area contributed by atoms with Gasteiger partial charge in [-0.3, -0.25) is 0 Å². The Morgan fingerprint density at radius 2 is 2.00 bits per heavy atom. The Balaban J connectivity index is 2.53. The van der Waals surface area contributed by atoms with Gasteiger partial charge in [-0.2, -0.15) is 0 Å². The van der Waals surface area contributed by atoms with Gasteiger partial charge in [0, 0.05) is 7.11 Å². The van der Waals surface area contributed by atoms with E-state index in [-0.39, 0.29) is 0 Å². The number of hydrogen-bond acceptors (Lipinski definition) is 4. The number of ether oxygens (including phenoxy) is 2. The van der Waals surface area contributed by atoms with Crippen LogP contribution in [-0.2, 0) is 9.47 Å². The maximum atomic E-state index is 9.09. The minimum absolute atomic E-state index is 0.597. The summed E-state index contributed by atoms with van der Waals surface area (Å²) in [6, 6.07) is 0. The molecule has 0 saturated carbocycles. The summed E-state index contributed by atoms with van der Waals surface area (Å²) in [6.45, 7) is 3.45. The Bertz CT molecular complexity index is 116. The van der Waals surface area contributed by atoms with E-state index in [4.69, 9.17) is 19.7 Å². The van der Waals surface area contributed by atoms with Crippen LogP contribution < -0.4 is 0 Å². The fourth-order valence-corrected chi connectivity index (χ4v) is 0.909. The van der Waals surface area contributed by atoms with Gasteiger partial charge < -0.3 is 19.7 Å². The lowest BCUT2D eigenvalue weighted by atomic mass is 10.2. The van der Waals surface area contributed by atoms with Crippen molar-refractivity contribution in [2.24, 2.45) is 0 Å². The highest BCUT2D eigenvalue weighted by Gasteiger charge is 2.40. The molecule has 59 valence electrons. The van der Waals surface area contributed by atoms with E-state index in [1.165, 1.54) is 7.11 Å². The first-order chi connectivity index (χ1) is 4.66. The zero-order valence-corrected chi connectivity index (χ0v) is 5.73. The van der Waals surface area contributed by atoms with E-state index < -0.39 is 24.6 Å². The van der Waals surface area contributed by atoms with Gasteiger partial charge >= 0.3 is 0 Å². The van der Waals surface area contributed by atoms with Gasteiger partial charge in [0.05, 0.1) is 6.10 Å². The second kappa shape index (κ2) is 2.84. The number of rotatable bonds is 1. The summed E-state index contributed by atoms with van der Waals surface area (Å²) in [7, 11) is 1.40. The molecule has 1 saturated heterocycles. The van der Waals surface area contributed by atoms with Gasteiger partial charge in [0.25, 0.3) is 0 Å². The summed E-state index contributed by atoms with van der Waals surface area (Å²) in [5.41, 5.74) is 0. The van der Waals surface area contributed by atoms with E-state index in [9.17, 15) is 0 Å². The smallest absolute Gasteiger partial charge is 0.186 e. The first-order valence-electron chi connectivity index (χ1n) is 3.04. The molecule has 10 heavy (non-hydrogen) atoms. The molecule has 1 aliphatic heterocycles. The van der Waals surface area contributed by atoms with Crippen molar-refractivity contribution in [3.05, 3.63) is 6.92 Å². The molecule has 1 aliphatic rings. The van der Waals surface area contributed by atoms with E-state index in [1.54, 1.807) is 0 Å². The van der Waals surface area contributed by atoms with Crippen molar-refractivity contribution in [3.63, 3.8) is 0 Å². The Labute approximate surface area is 59.4 Å². The summed E-state index contributed by atoms with van der Waals surface area (Å²) in [6.07, 6.45) is -3.25. The fraction of sp³-hybridized carbons (Fsp3) is 0.833.